The van der Waals surface area contributed by atoms with Gasteiger partial charge in [0.05, 0.1) is 30.3 Å². The number of para-hydroxylation sites is 1. The summed E-state index contributed by atoms with van der Waals surface area (Å²) in [5.41, 5.74) is 2.63. The Morgan fingerprint density at radius 1 is 1.06 bits per heavy atom. The van der Waals surface area contributed by atoms with Crippen molar-refractivity contribution in [1.29, 1.82) is 0 Å². The SMILES string of the molecule is CN(C)CC(=O)OC1CC(OC2CCCCC2)Oc2cc(OCc3ccc4ccccc4n3)ccc21. The van der Waals surface area contributed by atoms with Crippen molar-refractivity contribution in [2.24, 2.45) is 0 Å². The number of nitrogens with zero attached hydrogens (tertiary/aromatic N) is 2. The Labute approximate surface area is 212 Å². The molecule has 0 saturated heterocycles. The molecule has 7 nitrogen and oxygen atoms in total. The molecule has 36 heavy (non-hydrogen) atoms. The quantitative estimate of drug-likeness (QED) is 0.391. The van der Waals surface area contributed by atoms with Gasteiger partial charge in [-0.15, -0.1) is 0 Å². The van der Waals surface area contributed by atoms with E-state index in [1.165, 1.54) is 19.3 Å². The molecule has 0 N–H and O–H groups in total. The lowest BCUT2D eigenvalue weighted by molar-refractivity contribution is -0.172. The first-order chi connectivity index (χ1) is 17.5. The molecular weight excluding hydrogens is 456 g/mol. The van der Waals surface area contributed by atoms with E-state index in [2.05, 4.69) is 11.1 Å². The number of hydrogen-bond acceptors (Lipinski definition) is 7. The highest BCUT2D eigenvalue weighted by Gasteiger charge is 2.34. The van der Waals surface area contributed by atoms with Crippen molar-refractivity contribution in [3.05, 3.63) is 65.9 Å². The fourth-order valence-corrected chi connectivity index (χ4v) is 4.87. The van der Waals surface area contributed by atoms with Gasteiger partial charge >= 0.3 is 5.97 Å². The molecule has 0 amide bonds. The van der Waals surface area contributed by atoms with Crippen molar-refractivity contribution in [2.75, 3.05) is 20.6 Å². The van der Waals surface area contributed by atoms with E-state index in [4.69, 9.17) is 18.9 Å². The average molecular weight is 491 g/mol. The van der Waals surface area contributed by atoms with E-state index in [-0.39, 0.29) is 18.6 Å². The summed E-state index contributed by atoms with van der Waals surface area (Å²) in [6, 6.07) is 17.7. The maximum absolute atomic E-state index is 12.5. The third kappa shape index (κ3) is 6.15. The Bertz CT molecular complexity index is 1190. The maximum atomic E-state index is 12.5. The lowest BCUT2D eigenvalue weighted by Crippen LogP contribution is -2.35. The Morgan fingerprint density at radius 3 is 2.72 bits per heavy atom. The molecule has 2 atom stereocenters. The van der Waals surface area contributed by atoms with Crippen molar-refractivity contribution >= 4 is 16.9 Å². The molecule has 0 bridgehead atoms. The summed E-state index contributed by atoms with van der Waals surface area (Å²) >= 11 is 0. The molecule has 7 heteroatoms. The van der Waals surface area contributed by atoms with Gasteiger partial charge in [-0.05, 0) is 51.2 Å². The maximum Gasteiger partial charge on any atom is 0.320 e. The van der Waals surface area contributed by atoms with Crippen LogP contribution < -0.4 is 9.47 Å². The van der Waals surface area contributed by atoms with Crippen LogP contribution in [0.3, 0.4) is 0 Å². The second kappa shape index (κ2) is 11.3. The monoisotopic (exact) mass is 490 g/mol. The molecule has 2 heterocycles. The summed E-state index contributed by atoms with van der Waals surface area (Å²) in [7, 11) is 3.70. The Balaban J connectivity index is 1.31. The van der Waals surface area contributed by atoms with Gasteiger partial charge in [0.2, 0.25) is 6.29 Å². The average Bonchev–Trinajstić information content (AvgIpc) is 2.87. The first-order valence-corrected chi connectivity index (χ1v) is 12.8. The van der Waals surface area contributed by atoms with Gasteiger partial charge in [-0.1, -0.05) is 43.5 Å². The van der Waals surface area contributed by atoms with Crippen LogP contribution in [-0.2, 0) is 20.9 Å². The number of aromatic nitrogens is 1. The van der Waals surface area contributed by atoms with Gasteiger partial charge in [-0.25, -0.2) is 4.98 Å². The molecule has 1 saturated carbocycles. The molecule has 1 aliphatic carbocycles. The van der Waals surface area contributed by atoms with E-state index in [0.29, 0.717) is 24.5 Å². The summed E-state index contributed by atoms with van der Waals surface area (Å²) in [5.74, 6) is 1.03. The molecule has 190 valence electrons. The molecular formula is C29H34N2O5. The number of fused-ring (bicyclic) bond motifs is 2. The molecule has 3 aromatic rings. The highest BCUT2D eigenvalue weighted by Crippen LogP contribution is 2.40. The Kier molecular flexibility index (Phi) is 7.68. The highest BCUT2D eigenvalue weighted by atomic mass is 16.7. The molecule has 2 unspecified atom stereocenters. The summed E-state index contributed by atoms with van der Waals surface area (Å²) in [6.07, 6.45) is 5.46. The molecule has 0 spiro atoms. The Hall–Kier alpha value is -3.16. The van der Waals surface area contributed by atoms with Crippen LogP contribution in [0.1, 0.15) is 55.9 Å². The third-order valence-electron chi connectivity index (χ3n) is 6.66. The fraction of sp³-hybridized carbons (Fsp3) is 0.448. The van der Waals surface area contributed by atoms with Gasteiger partial charge in [0.1, 0.15) is 24.2 Å². The minimum absolute atomic E-state index is 0.182. The summed E-state index contributed by atoms with van der Waals surface area (Å²) < 4.78 is 24.5. The van der Waals surface area contributed by atoms with Crippen molar-refractivity contribution in [3.8, 4) is 11.5 Å². The van der Waals surface area contributed by atoms with E-state index in [1.807, 2.05) is 62.6 Å². The number of likely N-dealkylation sites (N-methyl/N-ethyl adjacent to an activating group) is 1. The second-order valence-corrected chi connectivity index (χ2v) is 9.88. The van der Waals surface area contributed by atoms with Crippen LogP contribution in [0.2, 0.25) is 0 Å². The summed E-state index contributed by atoms with van der Waals surface area (Å²) in [6.45, 7) is 0.563. The van der Waals surface area contributed by atoms with Crippen LogP contribution in [0.5, 0.6) is 11.5 Å². The molecule has 1 aliphatic heterocycles. The second-order valence-electron chi connectivity index (χ2n) is 9.88. The van der Waals surface area contributed by atoms with Gasteiger partial charge in [0.25, 0.3) is 0 Å². The van der Waals surface area contributed by atoms with Crippen molar-refractivity contribution in [1.82, 2.24) is 9.88 Å². The zero-order chi connectivity index (χ0) is 24.9. The van der Waals surface area contributed by atoms with Crippen LogP contribution >= 0.6 is 0 Å². The van der Waals surface area contributed by atoms with Crippen molar-refractivity contribution in [3.63, 3.8) is 0 Å². The molecule has 2 aromatic carbocycles. The number of ether oxygens (including phenoxy) is 4. The van der Waals surface area contributed by atoms with E-state index in [9.17, 15) is 4.79 Å². The zero-order valence-corrected chi connectivity index (χ0v) is 21.0. The van der Waals surface area contributed by atoms with Crippen LogP contribution in [0, 0.1) is 0 Å². The number of pyridine rings is 1. The number of rotatable bonds is 8. The first-order valence-electron chi connectivity index (χ1n) is 12.8. The van der Waals surface area contributed by atoms with Crippen molar-refractivity contribution in [2.45, 2.75) is 63.6 Å². The number of esters is 1. The van der Waals surface area contributed by atoms with Crippen LogP contribution in [0.15, 0.2) is 54.6 Å². The Morgan fingerprint density at radius 2 is 1.89 bits per heavy atom. The molecule has 2 aliphatic rings. The van der Waals surface area contributed by atoms with E-state index in [0.717, 1.165) is 35.0 Å². The summed E-state index contributed by atoms with van der Waals surface area (Å²) in [4.78, 5) is 19.0. The standard InChI is InChI=1S/C29H34N2O5/c1-31(2)18-28(32)35-27-17-29(34-22-9-4-3-5-10-22)36-26-16-23(14-15-24(26)27)33-19-21-13-12-20-8-6-7-11-25(20)30-21/h6-8,11-16,22,27,29H,3-5,9-10,17-19H2,1-2H3. The normalized spacial score (nSPS) is 20.1. The lowest BCUT2D eigenvalue weighted by atomic mass is 9.97. The van der Waals surface area contributed by atoms with E-state index in [1.54, 1.807) is 4.90 Å². The predicted octanol–water partition coefficient (Wildman–Crippen LogP) is 5.42. The smallest absolute Gasteiger partial charge is 0.320 e. The van der Waals surface area contributed by atoms with Gasteiger partial charge in [0.15, 0.2) is 0 Å². The van der Waals surface area contributed by atoms with E-state index < -0.39 is 12.4 Å². The van der Waals surface area contributed by atoms with Crippen molar-refractivity contribution < 1.29 is 23.7 Å². The fourth-order valence-electron chi connectivity index (χ4n) is 4.87. The van der Waals surface area contributed by atoms with Gasteiger partial charge < -0.3 is 18.9 Å². The third-order valence-corrected chi connectivity index (χ3v) is 6.66. The zero-order valence-electron chi connectivity index (χ0n) is 21.0. The molecule has 1 fully saturated rings. The van der Waals surface area contributed by atoms with Crippen LogP contribution in [0.25, 0.3) is 10.9 Å². The van der Waals surface area contributed by atoms with Gasteiger partial charge in [0, 0.05) is 17.0 Å². The van der Waals surface area contributed by atoms with E-state index >= 15 is 0 Å². The summed E-state index contributed by atoms with van der Waals surface area (Å²) in [5, 5.41) is 1.10. The first kappa shape index (κ1) is 24.5. The highest BCUT2D eigenvalue weighted by molar-refractivity contribution is 5.78. The lowest BCUT2D eigenvalue weighted by Gasteiger charge is -2.35. The largest absolute Gasteiger partial charge is 0.487 e. The number of benzene rings is 2. The minimum Gasteiger partial charge on any atom is -0.487 e. The number of carbonyl (C=O) groups excluding carboxylic acids is 1. The number of carbonyl (C=O) groups is 1. The predicted molar refractivity (Wildman–Crippen MR) is 137 cm³/mol. The van der Waals surface area contributed by atoms with Crippen LogP contribution in [-0.4, -0.2) is 48.9 Å². The molecule has 5 rings (SSSR count). The van der Waals surface area contributed by atoms with Crippen LogP contribution in [0.4, 0.5) is 0 Å². The van der Waals surface area contributed by atoms with Gasteiger partial charge in [-0.2, -0.15) is 0 Å². The van der Waals surface area contributed by atoms with Gasteiger partial charge in [-0.3, -0.25) is 9.69 Å². The molecule has 1 aromatic heterocycles. The number of hydrogen-bond donors (Lipinski definition) is 0. The topological polar surface area (TPSA) is 70.1 Å². The molecule has 0 radical (unpaired) electrons. The minimum atomic E-state index is -0.463.